The third-order valence-corrected chi connectivity index (χ3v) is 9.38. The summed E-state index contributed by atoms with van der Waals surface area (Å²) >= 11 is 0. The maximum Gasteiger partial charge on any atom is 0.254 e. The second kappa shape index (κ2) is 14.0. The molecule has 0 radical (unpaired) electrons. The van der Waals surface area contributed by atoms with Crippen LogP contribution in [0.1, 0.15) is 64.4 Å². The van der Waals surface area contributed by atoms with Gasteiger partial charge in [0.25, 0.3) is 5.56 Å². The van der Waals surface area contributed by atoms with Gasteiger partial charge in [-0.2, -0.15) is 0 Å². The predicted octanol–water partition coefficient (Wildman–Crippen LogP) is 5.89. The van der Waals surface area contributed by atoms with Gasteiger partial charge in [-0.3, -0.25) is 19.1 Å². The zero-order valence-corrected chi connectivity index (χ0v) is 27.4. The molecule has 0 aliphatic carbocycles. The lowest BCUT2D eigenvalue weighted by atomic mass is 9.91. The van der Waals surface area contributed by atoms with Crippen LogP contribution in [0.15, 0.2) is 65.6 Å². The van der Waals surface area contributed by atoms with E-state index in [2.05, 4.69) is 5.32 Å². The van der Waals surface area contributed by atoms with Crippen molar-refractivity contribution in [1.82, 2.24) is 14.8 Å². The van der Waals surface area contributed by atoms with Crippen molar-refractivity contribution in [2.75, 3.05) is 26.2 Å². The highest BCUT2D eigenvalue weighted by Gasteiger charge is 2.32. The number of aliphatic hydroxyl groups is 1. The van der Waals surface area contributed by atoms with Crippen LogP contribution < -0.4 is 15.6 Å². The first-order chi connectivity index (χ1) is 23.1. The number of rotatable bonds is 7. The SMILES string of the molecule is CCc1cc(CCN2CC(F)C2)cn([C@@H]2C(=O)N[C@H](CCO)c3cc(cc(C)c3F)-c3c(C)cccc3OCc3ccc(F)c2c3)c1=O. The molecule has 2 N–H and O–H groups in total. The van der Waals surface area contributed by atoms with E-state index in [-0.39, 0.29) is 30.8 Å². The van der Waals surface area contributed by atoms with Crippen LogP contribution in [0.2, 0.25) is 0 Å². The van der Waals surface area contributed by atoms with Crippen LogP contribution in [0, 0.1) is 25.5 Å². The minimum Gasteiger partial charge on any atom is -0.488 e. The van der Waals surface area contributed by atoms with Gasteiger partial charge in [0.2, 0.25) is 5.91 Å². The molecule has 6 rings (SSSR count). The molecule has 4 aromatic rings. The minimum atomic E-state index is -1.46. The number of ether oxygens (including phenoxy) is 1. The van der Waals surface area contributed by atoms with Crippen molar-refractivity contribution < 1.29 is 27.8 Å². The number of nitrogens with zero attached hydrogens (tertiary/aromatic N) is 2. The molecule has 1 aromatic heterocycles. The lowest BCUT2D eigenvalue weighted by Crippen LogP contribution is -2.49. The maximum atomic E-state index is 15.9. The van der Waals surface area contributed by atoms with E-state index < -0.39 is 41.4 Å². The van der Waals surface area contributed by atoms with E-state index in [9.17, 15) is 19.1 Å². The van der Waals surface area contributed by atoms with Crippen LogP contribution in [0.3, 0.4) is 0 Å². The third-order valence-electron chi connectivity index (χ3n) is 9.38. The number of aryl methyl sites for hydroxylation is 3. The number of hydrogen-bond acceptors (Lipinski definition) is 5. The predicted molar refractivity (Wildman–Crippen MR) is 178 cm³/mol. The molecule has 2 atom stereocenters. The molecule has 1 fully saturated rings. The van der Waals surface area contributed by atoms with Gasteiger partial charge in [0, 0.05) is 54.7 Å². The van der Waals surface area contributed by atoms with E-state index in [0.29, 0.717) is 60.5 Å². The Labute approximate surface area is 278 Å². The number of aromatic nitrogens is 1. The summed E-state index contributed by atoms with van der Waals surface area (Å²) in [6.45, 7) is 6.32. The monoisotopic (exact) mass is 659 g/mol. The average molecular weight is 660 g/mol. The van der Waals surface area contributed by atoms with Gasteiger partial charge in [0.1, 0.15) is 36.2 Å². The van der Waals surface area contributed by atoms with Gasteiger partial charge >= 0.3 is 0 Å². The fourth-order valence-electron chi connectivity index (χ4n) is 6.77. The number of alkyl halides is 1. The molecule has 0 unspecified atom stereocenters. The van der Waals surface area contributed by atoms with Gasteiger partial charge in [0.15, 0.2) is 0 Å². The van der Waals surface area contributed by atoms with Gasteiger partial charge < -0.3 is 15.2 Å². The molecular weight excluding hydrogens is 619 g/mol. The van der Waals surface area contributed by atoms with Crippen molar-refractivity contribution in [3.05, 3.63) is 122 Å². The molecule has 3 aromatic carbocycles. The smallest absolute Gasteiger partial charge is 0.254 e. The molecular formula is C38H40F3N3O4. The number of hydrogen-bond donors (Lipinski definition) is 2. The standard InChI is InChI=1S/C38H40F3N3O4/c1-4-26-15-24(10-12-43-19-28(39)20-43)18-44(38(26)47)36-29-16-25(8-9-31(29)40)21-48-33-7-5-6-22(2)34(33)27-14-23(3)35(41)30(17-27)32(11-13-45)42-37(36)46/h5-9,14-18,28,32,36,45H,4,10-13,19-21H2,1-3H3,(H,42,46)/t32-,36+/m1/s1. The zero-order valence-electron chi connectivity index (χ0n) is 27.4. The number of likely N-dealkylation sites (tertiary alicyclic amines) is 1. The van der Waals surface area contributed by atoms with Crippen LogP contribution in [0.25, 0.3) is 11.1 Å². The first-order valence-electron chi connectivity index (χ1n) is 16.4. The Morgan fingerprint density at radius 2 is 1.79 bits per heavy atom. The van der Waals surface area contributed by atoms with Gasteiger partial charge in [-0.05, 0) is 97.3 Å². The second-order valence-corrected chi connectivity index (χ2v) is 12.8. The summed E-state index contributed by atoms with van der Waals surface area (Å²) in [5.74, 6) is -1.42. The largest absolute Gasteiger partial charge is 0.488 e. The average Bonchev–Trinajstić information content (AvgIpc) is 3.04. The molecule has 0 spiro atoms. The quantitative estimate of drug-likeness (QED) is 0.259. The van der Waals surface area contributed by atoms with Crippen molar-refractivity contribution in [2.45, 2.75) is 64.9 Å². The summed E-state index contributed by atoms with van der Waals surface area (Å²) in [6.07, 6.45) is 1.55. The van der Waals surface area contributed by atoms with Crippen LogP contribution >= 0.6 is 0 Å². The Balaban J connectivity index is 1.53. The first kappa shape index (κ1) is 33.5. The van der Waals surface area contributed by atoms with E-state index in [4.69, 9.17) is 4.74 Å². The Kier molecular flexibility index (Phi) is 9.75. The summed E-state index contributed by atoms with van der Waals surface area (Å²) in [5, 5.41) is 12.9. The fraction of sp³-hybridized carbons (Fsp3) is 0.368. The summed E-state index contributed by atoms with van der Waals surface area (Å²) in [7, 11) is 0. The third kappa shape index (κ3) is 6.64. The molecule has 1 saturated heterocycles. The highest BCUT2D eigenvalue weighted by molar-refractivity contribution is 5.84. The molecule has 2 aliphatic heterocycles. The van der Waals surface area contributed by atoms with Gasteiger partial charge in [-0.1, -0.05) is 25.1 Å². The number of benzene rings is 3. The number of fused-ring (bicyclic) bond motifs is 6. The van der Waals surface area contributed by atoms with Gasteiger partial charge in [-0.15, -0.1) is 0 Å². The Morgan fingerprint density at radius 1 is 1.00 bits per heavy atom. The number of carbonyl (C=O) groups is 1. The van der Waals surface area contributed by atoms with Crippen molar-refractivity contribution in [3.8, 4) is 16.9 Å². The highest BCUT2D eigenvalue weighted by Crippen LogP contribution is 2.38. The first-order valence-corrected chi connectivity index (χ1v) is 16.4. The topological polar surface area (TPSA) is 83.8 Å². The fourth-order valence-corrected chi connectivity index (χ4v) is 6.77. The molecule has 3 heterocycles. The van der Waals surface area contributed by atoms with E-state index in [1.54, 1.807) is 37.4 Å². The molecule has 2 aliphatic rings. The summed E-state index contributed by atoms with van der Waals surface area (Å²) in [4.78, 5) is 30.4. The number of halogens is 3. The Morgan fingerprint density at radius 3 is 2.52 bits per heavy atom. The summed E-state index contributed by atoms with van der Waals surface area (Å²) < 4.78 is 52.9. The molecule has 7 nitrogen and oxygen atoms in total. The lowest BCUT2D eigenvalue weighted by molar-refractivity contribution is -0.124. The van der Waals surface area contributed by atoms with Crippen molar-refractivity contribution in [3.63, 3.8) is 0 Å². The van der Waals surface area contributed by atoms with Crippen LogP contribution in [0.4, 0.5) is 13.2 Å². The van der Waals surface area contributed by atoms with E-state index in [0.717, 1.165) is 16.7 Å². The molecule has 48 heavy (non-hydrogen) atoms. The minimum absolute atomic E-state index is 0.0293. The molecule has 252 valence electrons. The van der Waals surface area contributed by atoms with Crippen LogP contribution in [-0.2, 0) is 24.2 Å². The number of carbonyl (C=O) groups excluding carboxylic acids is 1. The lowest BCUT2D eigenvalue weighted by Gasteiger charge is -2.34. The van der Waals surface area contributed by atoms with Crippen LogP contribution in [-0.4, -0.2) is 52.9 Å². The van der Waals surface area contributed by atoms with E-state index >= 15 is 8.78 Å². The molecule has 4 bridgehead atoms. The van der Waals surface area contributed by atoms with Crippen molar-refractivity contribution in [2.24, 2.45) is 0 Å². The van der Waals surface area contributed by atoms with Crippen LogP contribution in [0.5, 0.6) is 5.75 Å². The normalized spacial score (nSPS) is 18.4. The maximum absolute atomic E-state index is 15.9. The van der Waals surface area contributed by atoms with Crippen molar-refractivity contribution in [1.29, 1.82) is 0 Å². The Bertz CT molecular complexity index is 1900. The molecule has 1 amide bonds. The molecule has 10 heteroatoms. The number of aliphatic hydroxyl groups excluding tert-OH is 1. The number of nitrogens with one attached hydrogen (secondary N) is 1. The highest BCUT2D eigenvalue weighted by atomic mass is 19.1. The molecule has 0 saturated carbocycles. The number of pyridine rings is 1. The van der Waals surface area contributed by atoms with Crippen molar-refractivity contribution >= 4 is 5.91 Å². The summed E-state index contributed by atoms with van der Waals surface area (Å²) in [6, 6.07) is 12.6. The van der Waals surface area contributed by atoms with E-state index in [1.807, 2.05) is 36.9 Å². The van der Waals surface area contributed by atoms with E-state index in [1.165, 1.54) is 16.7 Å². The zero-order chi connectivity index (χ0) is 34.1. The summed E-state index contributed by atoms with van der Waals surface area (Å²) in [5.41, 5.74) is 4.09. The van der Waals surface area contributed by atoms with Gasteiger partial charge in [0.05, 0.1) is 6.04 Å². The second-order valence-electron chi connectivity index (χ2n) is 12.8. The Hall–Kier alpha value is -4.41. The number of amides is 1. The van der Waals surface area contributed by atoms with Gasteiger partial charge in [-0.25, -0.2) is 13.2 Å².